The quantitative estimate of drug-likeness (QED) is 0.856. The number of carbonyl (C=O) groups excluding carboxylic acids is 1. The van der Waals surface area contributed by atoms with E-state index in [9.17, 15) is 4.79 Å². The van der Waals surface area contributed by atoms with Crippen molar-refractivity contribution in [1.82, 2.24) is 4.98 Å². The Labute approximate surface area is 124 Å². The van der Waals surface area contributed by atoms with E-state index in [1.165, 1.54) is 0 Å². The molecule has 1 heterocycles. The number of esters is 1. The number of benzene rings is 1. The Bertz CT molecular complexity index is 624. The Morgan fingerprint density at radius 3 is 2.81 bits per heavy atom. The number of hydrogen-bond acceptors (Lipinski definition) is 4. The zero-order valence-electron chi connectivity index (χ0n) is 11.9. The lowest BCUT2D eigenvalue weighted by molar-refractivity contribution is -0.147. The molecule has 0 amide bonds. The summed E-state index contributed by atoms with van der Waals surface area (Å²) in [6.45, 7) is 2.08. The van der Waals surface area contributed by atoms with Gasteiger partial charge in [0.2, 0.25) is 0 Å². The molecule has 4 heteroatoms. The largest absolute Gasteiger partial charge is 0.460 e. The van der Waals surface area contributed by atoms with Gasteiger partial charge >= 0.3 is 5.97 Å². The van der Waals surface area contributed by atoms with Crippen molar-refractivity contribution < 1.29 is 9.53 Å². The van der Waals surface area contributed by atoms with E-state index < -0.39 is 0 Å². The van der Waals surface area contributed by atoms with Crippen molar-refractivity contribution in [2.45, 2.75) is 13.5 Å². The molecular weight excluding hydrogens is 264 g/mol. The van der Waals surface area contributed by atoms with Crippen molar-refractivity contribution in [2.75, 3.05) is 5.73 Å². The fourth-order valence-corrected chi connectivity index (χ4v) is 1.76. The first-order valence-electron chi connectivity index (χ1n) is 6.75. The summed E-state index contributed by atoms with van der Waals surface area (Å²) in [5, 5.41) is 0. The zero-order valence-corrected chi connectivity index (χ0v) is 11.9. The van der Waals surface area contributed by atoms with Gasteiger partial charge in [0.15, 0.2) is 0 Å². The summed E-state index contributed by atoms with van der Waals surface area (Å²) in [7, 11) is 0. The zero-order chi connectivity index (χ0) is 15.1. The van der Waals surface area contributed by atoms with E-state index >= 15 is 0 Å². The van der Waals surface area contributed by atoms with Gasteiger partial charge < -0.3 is 10.5 Å². The van der Waals surface area contributed by atoms with Gasteiger partial charge in [0.05, 0.1) is 17.8 Å². The van der Waals surface area contributed by atoms with Crippen LogP contribution in [0, 0.1) is 5.92 Å². The molecule has 1 aromatic carbocycles. The number of carbonyl (C=O) groups is 1. The highest BCUT2D eigenvalue weighted by Crippen LogP contribution is 2.13. The van der Waals surface area contributed by atoms with Gasteiger partial charge in [-0.15, -0.1) is 0 Å². The van der Waals surface area contributed by atoms with Crippen molar-refractivity contribution in [3.63, 3.8) is 0 Å². The maximum atomic E-state index is 11.9. The molecule has 0 bridgehead atoms. The van der Waals surface area contributed by atoms with Gasteiger partial charge in [-0.3, -0.25) is 9.78 Å². The van der Waals surface area contributed by atoms with Crippen molar-refractivity contribution in [2.24, 2.45) is 5.92 Å². The first-order chi connectivity index (χ1) is 10.2. The molecule has 4 nitrogen and oxygen atoms in total. The molecule has 0 aliphatic carbocycles. The molecule has 0 saturated carbocycles. The molecule has 108 valence electrons. The summed E-state index contributed by atoms with van der Waals surface area (Å²) in [6, 6.07) is 11.4. The van der Waals surface area contributed by atoms with Crippen LogP contribution in [0.2, 0.25) is 0 Å². The predicted octanol–water partition coefficient (Wildman–Crippen LogP) is 3.06. The topological polar surface area (TPSA) is 65.2 Å². The summed E-state index contributed by atoms with van der Waals surface area (Å²) < 4.78 is 5.27. The lowest BCUT2D eigenvalue weighted by Gasteiger charge is -2.08. The number of nitrogen functional groups attached to an aromatic ring is 1. The van der Waals surface area contributed by atoms with Crippen molar-refractivity contribution in [3.8, 4) is 0 Å². The monoisotopic (exact) mass is 282 g/mol. The molecule has 0 aliphatic heterocycles. The lowest BCUT2D eigenvalue weighted by Crippen LogP contribution is -2.12. The number of nitrogens with two attached hydrogens (primary N) is 1. The van der Waals surface area contributed by atoms with E-state index in [2.05, 4.69) is 4.98 Å². The second-order valence-electron chi connectivity index (χ2n) is 4.75. The third-order valence-electron chi connectivity index (χ3n) is 3.05. The molecular formula is C17H18N2O2. The first-order valence-corrected chi connectivity index (χ1v) is 6.75. The highest BCUT2D eigenvalue weighted by molar-refractivity contribution is 5.76. The highest BCUT2D eigenvalue weighted by Gasteiger charge is 2.11. The summed E-state index contributed by atoms with van der Waals surface area (Å²) in [4.78, 5) is 15.8. The van der Waals surface area contributed by atoms with Gasteiger partial charge in [-0.05, 0) is 18.6 Å². The van der Waals surface area contributed by atoms with Gasteiger partial charge in [-0.25, -0.2) is 0 Å². The molecule has 2 aromatic rings. The third kappa shape index (κ3) is 4.45. The normalized spacial score (nSPS) is 12.2. The Morgan fingerprint density at radius 1 is 1.33 bits per heavy atom. The number of aromatic nitrogens is 1. The van der Waals surface area contributed by atoms with Crippen LogP contribution < -0.4 is 5.73 Å². The standard InChI is InChI=1S/C17H18N2O2/c1-13(7-8-15-9-10-19-11-16(15)18)17(20)21-12-14-5-3-2-4-6-14/h2-11,13H,12,18H2,1H3/b8-7+. The number of ether oxygens (including phenoxy) is 1. The van der Waals surface area contributed by atoms with E-state index in [1.54, 1.807) is 31.5 Å². The lowest BCUT2D eigenvalue weighted by atomic mass is 10.1. The molecule has 0 aliphatic rings. The van der Waals surface area contributed by atoms with Gasteiger partial charge in [-0.1, -0.05) is 42.5 Å². The van der Waals surface area contributed by atoms with Crippen molar-refractivity contribution in [1.29, 1.82) is 0 Å². The van der Waals surface area contributed by atoms with Crippen LogP contribution >= 0.6 is 0 Å². The van der Waals surface area contributed by atoms with Gasteiger partial charge in [0.25, 0.3) is 0 Å². The maximum absolute atomic E-state index is 11.9. The highest BCUT2D eigenvalue weighted by atomic mass is 16.5. The Kier molecular flexibility index (Phi) is 5.10. The Balaban J connectivity index is 1.89. The molecule has 1 unspecified atom stereocenters. The summed E-state index contributed by atoms with van der Waals surface area (Å²) in [6.07, 6.45) is 6.83. The Hall–Kier alpha value is -2.62. The number of nitrogens with zero attached hydrogens (tertiary/aromatic N) is 1. The molecule has 0 spiro atoms. The van der Waals surface area contributed by atoms with Crippen LogP contribution in [0.5, 0.6) is 0 Å². The van der Waals surface area contributed by atoms with Gasteiger partial charge in [0, 0.05) is 11.8 Å². The van der Waals surface area contributed by atoms with Crippen LogP contribution in [0.25, 0.3) is 6.08 Å². The van der Waals surface area contributed by atoms with Gasteiger partial charge in [-0.2, -0.15) is 0 Å². The summed E-state index contributed by atoms with van der Waals surface area (Å²) >= 11 is 0. The molecule has 1 aromatic heterocycles. The maximum Gasteiger partial charge on any atom is 0.312 e. The third-order valence-corrected chi connectivity index (χ3v) is 3.05. The molecule has 2 N–H and O–H groups in total. The average molecular weight is 282 g/mol. The minimum absolute atomic E-state index is 0.261. The minimum Gasteiger partial charge on any atom is -0.460 e. The number of hydrogen-bond donors (Lipinski definition) is 1. The molecule has 0 fully saturated rings. The molecule has 0 saturated heterocycles. The molecule has 0 radical (unpaired) electrons. The van der Waals surface area contributed by atoms with Crippen LogP contribution in [0.1, 0.15) is 18.1 Å². The van der Waals surface area contributed by atoms with Crippen LogP contribution in [-0.2, 0) is 16.1 Å². The number of pyridine rings is 1. The van der Waals surface area contributed by atoms with E-state index in [1.807, 2.05) is 36.4 Å². The summed E-state index contributed by atoms with van der Waals surface area (Å²) in [5.74, 6) is -0.594. The molecule has 1 atom stereocenters. The second kappa shape index (κ2) is 7.24. The van der Waals surface area contributed by atoms with Crippen LogP contribution in [0.15, 0.2) is 54.9 Å². The molecule has 2 rings (SSSR count). The number of rotatable bonds is 5. The van der Waals surface area contributed by atoms with Crippen LogP contribution in [0.3, 0.4) is 0 Å². The van der Waals surface area contributed by atoms with Crippen LogP contribution in [-0.4, -0.2) is 11.0 Å². The van der Waals surface area contributed by atoms with Crippen molar-refractivity contribution >= 4 is 17.7 Å². The average Bonchev–Trinajstić information content (AvgIpc) is 2.52. The number of anilines is 1. The van der Waals surface area contributed by atoms with Crippen LogP contribution in [0.4, 0.5) is 5.69 Å². The van der Waals surface area contributed by atoms with Crippen molar-refractivity contribution in [3.05, 3.63) is 66.0 Å². The van der Waals surface area contributed by atoms with Gasteiger partial charge in [0.1, 0.15) is 6.61 Å². The fraction of sp³-hybridized carbons (Fsp3) is 0.176. The van der Waals surface area contributed by atoms with E-state index in [0.29, 0.717) is 5.69 Å². The smallest absolute Gasteiger partial charge is 0.312 e. The first kappa shape index (κ1) is 14.8. The van der Waals surface area contributed by atoms with E-state index in [-0.39, 0.29) is 18.5 Å². The predicted molar refractivity (Wildman–Crippen MR) is 83.1 cm³/mol. The van der Waals surface area contributed by atoms with E-state index in [4.69, 9.17) is 10.5 Å². The summed E-state index contributed by atoms with van der Waals surface area (Å²) in [5.41, 5.74) is 8.18. The van der Waals surface area contributed by atoms with E-state index in [0.717, 1.165) is 11.1 Å². The minimum atomic E-state index is -0.332. The SMILES string of the molecule is CC(/C=C/c1ccncc1N)C(=O)OCc1ccccc1. The Morgan fingerprint density at radius 2 is 2.10 bits per heavy atom. The fourth-order valence-electron chi connectivity index (χ4n) is 1.76. The second-order valence-corrected chi connectivity index (χ2v) is 4.75. The molecule has 21 heavy (non-hydrogen) atoms.